The average molecular weight is 287 g/mol. The molecule has 0 bridgehead atoms. The van der Waals surface area contributed by atoms with Gasteiger partial charge < -0.3 is 0 Å². The van der Waals surface area contributed by atoms with Crippen molar-refractivity contribution in [2.45, 2.75) is 11.4 Å². The number of sulfonamides is 1. The van der Waals surface area contributed by atoms with Crippen molar-refractivity contribution in [3.63, 3.8) is 0 Å². The first-order chi connectivity index (χ1) is 8.47. The molecule has 96 valence electrons. The van der Waals surface area contributed by atoms with Crippen LogP contribution in [0.4, 0.5) is 0 Å². The topological polar surface area (TPSA) is 76.9 Å². The van der Waals surface area contributed by atoms with Gasteiger partial charge in [-0.05, 0) is 12.1 Å². The summed E-state index contributed by atoms with van der Waals surface area (Å²) in [5, 5.41) is 4.09. The highest BCUT2D eigenvalue weighted by molar-refractivity contribution is 7.89. The third kappa shape index (κ3) is 3.06. The number of halogens is 1. The molecular weight excluding hydrogens is 276 g/mol. The van der Waals surface area contributed by atoms with Gasteiger partial charge in [0.15, 0.2) is 0 Å². The third-order valence-electron chi connectivity index (χ3n) is 2.23. The molecule has 2 aromatic rings. The van der Waals surface area contributed by atoms with E-state index in [2.05, 4.69) is 14.8 Å². The molecule has 18 heavy (non-hydrogen) atoms. The van der Waals surface area contributed by atoms with Gasteiger partial charge in [-0.3, -0.25) is 4.68 Å². The molecule has 0 spiro atoms. The number of pyridine rings is 1. The monoisotopic (exact) mass is 286 g/mol. The van der Waals surface area contributed by atoms with Gasteiger partial charge >= 0.3 is 0 Å². The highest BCUT2D eigenvalue weighted by Crippen LogP contribution is 2.13. The second-order valence-corrected chi connectivity index (χ2v) is 5.82. The largest absolute Gasteiger partial charge is 0.275 e. The fraction of sp³-hybridized carbons (Fsp3) is 0.200. The smallest absolute Gasteiger partial charge is 0.241 e. The normalized spacial score (nSPS) is 11.7. The van der Waals surface area contributed by atoms with E-state index in [1.165, 1.54) is 18.3 Å². The predicted octanol–water partition coefficient (Wildman–Crippen LogP) is 0.947. The van der Waals surface area contributed by atoms with Crippen molar-refractivity contribution in [3.05, 3.63) is 41.4 Å². The highest BCUT2D eigenvalue weighted by atomic mass is 35.5. The van der Waals surface area contributed by atoms with Crippen molar-refractivity contribution in [3.8, 4) is 0 Å². The summed E-state index contributed by atoms with van der Waals surface area (Å²) in [4.78, 5) is 3.82. The lowest BCUT2D eigenvalue weighted by atomic mass is 10.4. The molecule has 0 radical (unpaired) electrons. The highest BCUT2D eigenvalue weighted by Gasteiger charge is 2.14. The maximum Gasteiger partial charge on any atom is 0.241 e. The summed E-state index contributed by atoms with van der Waals surface area (Å²) in [6, 6.07) is 2.69. The Bertz CT molecular complexity index is 653. The van der Waals surface area contributed by atoms with Gasteiger partial charge in [-0.1, -0.05) is 11.6 Å². The number of hydrogen-bond acceptors (Lipinski definition) is 4. The number of nitrogens with one attached hydrogen (secondary N) is 1. The lowest BCUT2D eigenvalue weighted by molar-refractivity contribution is 0.581. The molecule has 2 rings (SSSR count). The van der Waals surface area contributed by atoms with Crippen LogP contribution >= 0.6 is 11.6 Å². The number of nitrogens with zero attached hydrogens (tertiary/aromatic N) is 3. The van der Waals surface area contributed by atoms with Gasteiger partial charge in [0.2, 0.25) is 10.0 Å². The zero-order chi connectivity index (χ0) is 13.2. The molecule has 0 aromatic carbocycles. The molecule has 0 amide bonds. The standard InChI is InChI=1S/C10H11ClN4O2S/c1-15-7-8(5-13-15)6-14-18(16,17)9-2-3-12-10(11)4-9/h2-5,7,14H,6H2,1H3. The van der Waals surface area contributed by atoms with Crippen LogP contribution in [0.5, 0.6) is 0 Å². The molecule has 0 aliphatic rings. The van der Waals surface area contributed by atoms with Gasteiger partial charge in [-0.15, -0.1) is 0 Å². The van der Waals surface area contributed by atoms with Gasteiger partial charge in [-0.25, -0.2) is 18.1 Å². The number of rotatable bonds is 4. The number of aryl methyl sites for hydroxylation is 1. The minimum Gasteiger partial charge on any atom is -0.275 e. The van der Waals surface area contributed by atoms with E-state index in [-0.39, 0.29) is 16.6 Å². The van der Waals surface area contributed by atoms with Crippen molar-refractivity contribution in [2.75, 3.05) is 0 Å². The summed E-state index contributed by atoms with van der Waals surface area (Å²) < 4.78 is 27.9. The molecule has 0 unspecified atom stereocenters. The van der Waals surface area contributed by atoms with Crippen LogP contribution in [0.15, 0.2) is 35.6 Å². The molecule has 0 aliphatic carbocycles. The van der Waals surface area contributed by atoms with Crippen molar-refractivity contribution in [1.29, 1.82) is 0 Å². The Morgan fingerprint density at radius 1 is 1.50 bits per heavy atom. The quantitative estimate of drug-likeness (QED) is 0.849. The summed E-state index contributed by atoms with van der Waals surface area (Å²) in [5.41, 5.74) is 0.779. The first-order valence-corrected chi connectivity index (χ1v) is 6.92. The average Bonchev–Trinajstić information content (AvgIpc) is 2.73. The molecule has 2 aromatic heterocycles. The second kappa shape index (κ2) is 5.05. The molecule has 0 fully saturated rings. The van der Waals surface area contributed by atoms with Gasteiger partial charge in [0, 0.05) is 31.5 Å². The van der Waals surface area contributed by atoms with Crippen LogP contribution < -0.4 is 4.72 Å². The molecule has 1 N–H and O–H groups in total. The van der Waals surface area contributed by atoms with Crippen LogP contribution in [0, 0.1) is 0 Å². The Hall–Kier alpha value is -1.44. The third-order valence-corrected chi connectivity index (χ3v) is 3.84. The molecule has 0 saturated carbocycles. The first kappa shape index (κ1) is 13.0. The maximum atomic E-state index is 11.9. The van der Waals surface area contributed by atoms with Gasteiger partial charge in [0.25, 0.3) is 0 Å². The molecular formula is C10H11ClN4O2S. The summed E-state index contributed by atoms with van der Waals surface area (Å²) in [6.07, 6.45) is 4.69. The van der Waals surface area contributed by atoms with Crippen LogP contribution in [0.3, 0.4) is 0 Å². The minimum atomic E-state index is -3.58. The number of hydrogen-bond donors (Lipinski definition) is 1. The van der Waals surface area contributed by atoms with E-state index < -0.39 is 10.0 Å². The lowest BCUT2D eigenvalue weighted by Gasteiger charge is -2.05. The van der Waals surface area contributed by atoms with E-state index in [4.69, 9.17) is 11.6 Å². The molecule has 0 aliphatic heterocycles. The van der Waals surface area contributed by atoms with Crippen molar-refractivity contribution < 1.29 is 8.42 Å². The predicted molar refractivity (Wildman–Crippen MR) is 66.5 cm³/mol. The first-order valence-electron chi connectivity index (χ1n) is 5.06. The van der Waals surface area contributed by atoms with E-state index in [1.54, 1.807) is 24.1 Å². The van der Waals surface area contributed by atoms with E-state index in [1.807, 2.05) is 0 Å². The van der Waals surface area contributed by atoms with E-state index in [0.717, 1.165) is 5.56 Å². The van der Waals surface area contributed by atoms with E-state index in [9.17, 15) is 8.42 Å². The SMILES string of the molecule is Cn1cc(CNS(=O)(=O)c2ccnc(Cl)c2)cn1. The zero-order valence-electron chi connectivity index (χ0n) is 9.54. The zero-order valence-corrected chi connectivity index (χ0v) is 11.1. The van der Waals surface area contributed by atoms with Gasteiger partial charge in [0.1, 0.15) is 5.15 Å². The van der Waals surface area contributed by atoms with Crippen LogP contribution in [0.2, 0.25) is 5.15 Å². The van der Waals surface area contributed by atoms with Crippen molar-refractivity contribution >= 4 is 21.6 Å². The molecule has 0 atom stereocenters. The fourth-order valence-corrected chi connectivity index (χ4v) is 2.65. The van der Waals surface area contributed by atoms with Crippen molar-refractivity contribution in [2.24, 2.45) is 7.05 Å². The lowest BCUT2D eigenvalue weighted by Crippen LogP contribution is -2.23. The Kier molecular flexibility index (Phi) is 3.65. The molecule has 2 heterocycles. The Morgan fingerprint density at radius 3 is 2.89 bits per heavy atom. The van der Waals surface area contributed by atoms with Crippen LogP contribution in [0.25, 0.3) is 0 Å². The Labute approximate surface area is 110 Å². The van der Waals surface area contributed by atoms with Crippen molar-refractivity contribution in [1.82, 2.24) is 19.5 Å². The van der Waals surface area contributed by atoms with E-state index in [0.29, 0.717) is 0 Å². The summed E-state index contributed by atoms with van der Waals surface area (Å²) in [5.74, 6) is 0. The minimum absolute atomic E-state index is 0.0893. The molecule has 6 nitrogen and oxygen atoms in total. The van der Waals surface area contributed by atoms with E-state index >= 15 is 0 Å². The Morgan fingerprint density at radius 2 is 2.28 bits per heavy atom. The van der Waals surface area contributed by atoms with Gasteiger partial charge in [0.05, 0.1) is 11.1 Å². The molecule has 8 heteroatoms. The Balaban J connectivity index is 2.13. The summed E-state index contributed by atoms with van der Waals surface area (Å²) in [6.45, 7) is 0.177. The second-order valence-electron chi connectivity index (χ2n) is 3.66. The van der Waals surface area contributed by atoms with Crippen LogP contribution in [-0.2, 0) is 23.6 Å². The van der Waals surface area contributed by atoms with Crippen LogP contribution in [0.1, 0.15) is 5.56 Å². The fourth-order valence-electron chi connectivity index (χ4n) is 1.38. The number of aromatic nitrogens is 3. The molecule has 0 saturated heterocycles. The van der Waals surface area contributed by atoms with Gasteiger partial charge in [-0.2, -0.15) is 5.10 Å². The summed E-state index contributed by atoms with van der Waals surface area (Å²) >= 11 is 5.65. The summed E-state index contributed by atoms with van der Waals surface area (Å²) in [7, 11) is -1.82. The maximum absolute atomic E-state index is 11.9. The van der Waals surface area contributed by atoms with Crippen LogP contribution in [-0.4, -0.2) is 23.2 Å².